The van der Waals surface area contributed by atoms with E-state index in [9.17, 15) is 39.2 Å². The van der Waals surface area contributed by atoms with Crippen molar-refractivity contribution in [2.75, 3.05) is 28.2 Å². The summed E-state index contributed by atoms with van der Waals surface area (Å²) in [4.78, 5) is 16.8. The van der Waals surface area contributed by atoms with E-state index in [-0.39, 0.29) is 46.4 Å². The number of benzene rings is 2. The number of rotatable bonds is 7. The first-order valence-corrected chi connectivity index (χ1v) is 17.6. The molecule has 2 fully saturated rings. The molecule has 2 aliphatic heterocycles. The average Bonchev–Trinajstić information content (AvgIpc) is 3.80. The molecule has 45 heavy (non-hydrogen) atoms. The second-order valence-electron chi connectivity index (χ2n) is 11.7. The molecule has 3 aliphatic rings. The number of nitrogens with zero attached hydrogens (tertiary/aromatic N) is 2. The van der Waals surface area contributed by atoms with Gasteiger partial charge in [0.25, 0.3) is 15.9 Å². The van der Waals surface area contributed by atoms with E-state index in [0.717, 1.165) is 12.8 Å². The molecule has 1 spiro atoms. The average molecular weight is 667 g/mol. The van der Waals surface area contributed by atoms with Gasteiger partial charge in [-0.15, -0.1) is 0 Å². The minimum atomic E-state index is -4.77. The van der Waals surface area contributed by atoms with Crippen LogP contribution in [0, 0.1) is 11.7 Å². The van der Waals surface area contributed by atoms with Crippen molar-refractivity contribution in [2.24, 2.45) is 5.92 Å². The lowest BCUT2D eigenvalue weighted by atomic mass is 9.70. The minimum Gasteiger partial charge on any atom is -0.388 e. The van der Waals surface area contributed by atoms with Gasteiger partial charge in [-0.2, -0.15) is 13.2 Å². The molecule has 1 saturated carbocycles. The Morgan fingerprint density at radius 2 is 1.80 bits per heavy atom. The molecule has 1 aliphatic carbocycles. The quantitative estimate of drug-likeness (QED) is 0.352. The molecule has 0 bridgehead atoms. The number of hydrogen-bond acceptors (Lipinski definition) is 7. The second kappa shape index (κ2) is 11.0. The lowest BCUT2D eigenvalue weighted by Gasteiger charge is -2.41. The number of amides is 1. The fourth-order valence-electron chi connectivity index (χ4n) is 6.55. The highest BCUT2D eigenvalue weighted by atomic mass is 32.2. The van der Waals surface area contributed by atoms with E-state index in [4.69, 9.17) is 0 Å². The third-order valence-electron chi connectivity index (χ3n) is 8.98. The van der Waals surface area contributed by atoms with Crippen molar-refractivity contribution in [3.8, 4) is 0 Å². The Morgan fingerprint density at radius 1 is 1.09 bits per heavy atom. The van der Waals surface area contributed by atoms with Crippen LogP contribution < -0.4 is 14.9 Å². The number of halogens is 4. The van der Waals surface area contributed by atoms with Crippen LogP contribution in [0.2, 0.25) is 0 Å². The molecular formula is C30H30F4N4O5S2. The first-order chi connectivity index (χ1) is 21.2. The molecule has 6 rings (SSSR count). The highest BCUT2D eigenvalue weighted by molar-refractivity contribution is 7.93. The summed E-state index contributed by atoms with van der Waals surface area (Å²) in [7, 11) is -5.79. The molecule has 2 aromatic carbocycles. The van der Waals surface area contributed by atoms with Gasteiger partial charge in [-0.1, -0.05) is 6.07 Å². The van der Waals surface area contributed by atoms with Gasteiger partial charge in [-0.25, -0.2) is 21.2 Å². The number of anilines is 2. The van der Waals surface area contributed by atoms with Crippen LogP contribution in [0.15, 0.2) is 59.6 Å². The number of fused-ring (bicyclic) bond motifs is 2. The predicted molar refractivity (Wildman–Crippen MR) is 159 cm³/mol. The van der Waals surface area contributed by atoms with Gasteiger partial charge < -0.3 is 10.6 Å². The Kier molecular flexibility index (Phi) is 7.62. The van der Waals surface area contributed by atoms with Crippen LogP contribution in [0.25, 0.3) is 0 Å². The number of pyridine rings is 1. The van der Waals surface area contributed by atoms with Crippen molar-refractivity contribution in [1.82, 2.24) is 10.3 Å². The monoisotopic (exact) mass is 666 g/mol. The first kappa shape index (κ1) is 31.3. The summed E-state index contributed by atoms with van der Waals surface area (Å²) in [6.07, 6.45) is -2.39. The van der Waals surface area contributed by atoms with E-state index in [0.29, 0.717) is 29.2 Å². The fraction of sp³-hybridized carbons (Fsp3) is 0.400. The lowest BCUT2D eigenvalue weighted by Crippen LogP contribution is -2.52. The highest BCUT2D eigenvalue weighted by Gasteiger charge is 2.60. The summed E-state index contributed by atoms with van der Waals surface area (Å²) in [5.41, 5.74) is -0.880. The molecular weight excluding hydrogens is 636 g/mol. The Balaban J connectivity index is 1.38. The smallest absolute Gasteiger partial charge is 0.388 e. The van der Waals surface area contributed by atoms with Gasteiger partial charge in [0.05, 0.1) is 45.9 Å². The zero-order chi connectivity index (χ0) is 32.4. The van der Waals surface area contributed by atoms with E-state index in [1.807, 2.05) is 0 Å². The molecule has 15 heteroatoms. The van der Waals surface area contributed by atoms with E-state index in [1.54, 1.807) is 25.2 Å². The highest BCUT2D eigenvalue weighted by Crippen LogP contribution is 2.59. The van der Waals surface area contributed by atoms with Crippen LogP contribution in [0.5, 0.6) is 0 Å². The Labute approximate surface area is 258 Å². The van der Waals surface area contributed by atoms with Gasteiger partial charge in [0.15, 0.2) is 0 Å². The number of nitrogens with one attached hydrogen (secondary N) is 2. The molecule has 3 aromatic rings. The summed E-state index contributed by atoms with van der Waals surface area (Å²) >= 11 is 0. The number of alkyl halides is 3. The van der Waals surface area contributed by atoms with Crippen molar-refractivity contribution in [2.45, 2.75) is 54.8 Å². The van der Waals surface area contributed by atoms with Gasteiger partial charge in [0.2, 0.25) is 0 Å². The Hall–Kier alpha value is -3.72. The van der Waals surface area contributed by atoms with E-state index in [2.05, 4.69) is 15.6 Å². The van der Waals surface area contributed by atoms with Gasteiger partial charge in [-0.3, -0.25) is 14.1 Å². The summed E-state index contributed by atoms with van der Waals surface area (Å²) in [6.45, 7) is -0.490. The number of hydrogen-bond donors (Lipinski definition) is 2. The maximum atomic E-state index is 14.4. The normalized spacial score (nSPS) is 20.6. The van der Waals surface area contributed by atoms with Gasteiger partial charge >= 0.3 is 6.18 Å². The van der Waals surface area contributed by atoms with Crippen LogP contribution >= 0.6 is 0 Å². The van der Waals surface area contributed by atoms with Crippen molar-refractivity contribution in [3.05, 3.63) is 82.9 Å². The standard InChI is InChI=1S/C30H30F4N4O5S2/c1-35-21-3-2-4-22(15-21)45(42,43)38-26-8-7-19(28(39)37-17-25-24(31)14-20(16-36-25)30(32,33)34)13-23(26)29(27(38)18-5-6-18)9-11-44(40,41)12-10-29/h2-4,7-8,13-16,18,27,35H,5-6,9-12,17H2,1H3,(H,37,39). The number of sulfone groups is 1. The zero-order valence-electron chi connectivity index (χ0n) is 24.1. The first-order valence-electron chi connectivity index (χ1n) is 14.3. The van der Waals surface area contributed by atoms with Crippen molar-refractivity contribution < 1.29 is 39.2 Å². The fourth-order valence-corrected chi connectivity index (χ4v) is 9.95. The van der Waals surface area contributed by atoms with Gasteiger partial charge in [0, 0.05) is 29.9 Å². The maximum Gasteiger partial charge on any atom is 0.417 e. The van der Waals surface area contributed by atoms with E-state index in [1.165, 1.54) is 28.6 Å². The molecule has 0 radical (unpaired) electrons. The Morgan fingerprint density at radius 3 is 2.42 bits per heavy atom. The van der Waals surface area contributed by atoms with Crippen LogP contribution in [0.3, 0.4) is 0 Å². The largest absolute Gasteiger partial charge is 0.417 e. The Bertz CT molecular complexity index is 1880. The molecule has 3 heterocycles. The second-order valence-corrected chi connectivity index (χ2v) is 15.9. The third kappa shape index (κ3) is 5.64. The van der Waals surface area contributed by atoms with Crippen molar-refractivity contribution in [3.63, 3.8) is 0 Å². The molecule has 1 unspecified atom stereocenters. The van der Waals surface area contributed by atoms with Crippen molar-refractivity contribution >= 4 is 37.1 Å². The molecule has 1 amide bonds. The van der Waals surface area contributed by atoms with Crippen LogP contribution in [0.4, 0.5) is 28.9 Å². The van der Waals surface area contributed by atoms with Crippen LogP contribution in [-0.4, -0.2) is 52.3 Å². The molecule has 9 nitrogen and oxygen atoms in total. The number of carbonyl (C=O) groups is 1. The summed E-state index contributed by atoms with van der Waals surface area (Å²) < 4.78 is 108. The summed E-state index contributed by atoms with van der Waals surface area (Å²) in [6, 6.07) is 10.7. The lowest BCUT2D eigenvalue weighted by molar-refractivity contribution is -0.138. The van der Waals surface area contributed by atoms with Gasteiger partial charge in [-0.05, 0) is 79.6 Å². The SMILES string of the molecule is CNc1cccc(S(=O)(=O)N2c3ccc(C(=O)NCc4ncc(C(F)(F)F)cc4F)cc3C3(CCS(=O)(=O)CC3)C2C2CC2)c1. The summed E-state index contributed by atoms with van der Waals surface area (Å²) in [5.74, 6) is -2.17. The number of carbonyl (C=O) groups excluding carboxylic acids is 1. The molecule has 1 saturated heterocycles. The molecule has 2 N–H and O–H groups in total. The third-order valence-corrected chi connectivity index (χ3v) is 12.4. The minimum absolute atomic E-state index is 0.00791. The molecule has 1 aromatic heterocycles. The topological polar surface area (TPSA) is 126 Å². The van der Waals surface area contributed by atoms with Crippen LogP contribution in [0.1, 0.15) is 52.9 Å². The van der Waals surface area contributed by atoms with E-state index < -0.39 is 61.3 Å². The summed E-state index contributed by atoms with van der Waals surface area (Å²) in [5, 5.41) is 5.42. The molecule has 1 atom stereocenters. The zero-order valence-corrected chi connectivity index (χ0v) is 25.7. The van der Waals surface area contributed by atoms with Gasteiger partial charge in [0.1, 0.15) is 15.7 Å². The number of aromatic nitrogens is 1. The van der Waals surface area contributed by atoms with Crippen molar-refractivity contribution in [1.29, 1.82) is 0 Å². The number of sulfonamides is 1. The molecule has 240 valence electrons. The van der Waals surface area contributed by atoms with Crippen LogP contribution in [-0.2, 0) is 38.0 Å². The maximum absolute atomic E-state index is 14.4. The predicted octanol–water partition coefficient (Wildman–Crippen LogP) is 4.65. The van der Waals surface area contributed by atoms with E-state index >= 15 is 0 Å².